The number of amides is 1. The third-order valence-electron chi connectivity index (χ3n) is 3.86. The number of nitrogens with one attached hydrogen (secondary N) is 1. The van der Waals surface area contributed by atoms with Crippen molar-refractivity contribution in [2.75, 3.05) is 7.05 Å². The molecule has 3 heteroatoms. The first-order valence-electron chi connectivity index (χ1n) is 5.12. The summed E-state index contributed by atoms with van der Waals surface area (Å²) in [7, 11) is 1.78. The van der Waals surface area contributed by atoms with E-state index >= 15 is 0 Å². The monoisotopic (exact) mass is 190 g/mol. The summed E-state index contributed by atoms with van der Waals surface area (Å²) >= 11 is 0. The second-order valence-electron chi connectivity index (χ2n) is 4.39. The zero-order chi connectivity index (χ0) is 9.87. The summed E-state index contributed by atoms with van der Waals surface area (Å²) in [6, 6.07) is 0. The first kappa shape index (κ1) is 8.24. The Morgan fingerprint density at radius 3 is 2.64 bits per heavy atom. The molecule has 0 aromatic rings. The highest BCUT2D eigenvalue weighted by molar-refractivity contribution is 5.85. The number of carbonyl (C=O) groups is 1. The smallest absolute Gasteiger partial charge is 0.245 e. The van der Waals surface area contributed by atoms with Gasteiger partial charge in [-0.1, -0.05) is 18.7 Å². The zero-order valence-electron chi connectivity index (χ0n) is 8.23. The average molecular weight is 190 g/mol. The van der Waals surface area contributed by atoms with E-state index in [1.165, 1.54) is 0 Å². The highest BCUT2D eigenvalue weighted by Crippen LogP contribution is 2.54. The van der Waals surface area contributed by atoms with Crippen LogP contribution in [-0.4, -0.2) is 18.0 Å². The third kappa shape index (κ3) is 0.746. The summed E-state index contributed by atoms with van der Waals surface area (Å²) in [5, 5.41) is 1.63. The van der Waals surface area contributed by atoms with Gasteiger partial charge in [0.15, 0.2) is 0 Å². The number of hydrogen-bond donors (Lipinski definition) is 1. The van der Waals surface area contributed by atoms with Crippen LogP contribution in [0.25, 0.3) is 0 Å². The number of fused-ring (bicyclic) bond motifs is 5. The molecule has 2 fully saturated rings. The van der Waals surface area contributed by atoms with Gasteiger partial charge in [0, 0.05) is 18.7 Å². The molecule has 4 atom stereocenters. The molecule has 1 heterocycles. The molecule has 1 saturated carbocycles. The summed E-state index contributed by atoms with van der Waals surface area (Å²) in [5.74, 6) is 1.77. The summed E-state index contributed by atoms with van der Waals surface area (Å²) in [5.41, 5.74) is 3.88. The van der Waals surface area contributed by atoms with Crippen LogP contribution < -0.4 is 5.43 Å². The van der Waals surface area contributed by atoms with Gasteiger partial charge >= 0.3 is 0 Å². The van der Waals surface area contributed by atoms with Gasteiger partial charge in [-0.2, -0.15) is 0 Å². The first-order valence-corrected chi connectivity index (χ1v) is 5.12. The lowest BCUT2D eigenvalue weighted by Gasteiger charge is -2.19. The predicted octanol–water partition coefficient (Wildman–Crippen LogP) is 0.915. The second kappa shape index (κ2) is 2.48. The number of hydrogen-bond acceptors (Lipinski definition) is 2. The van der Waals surface area contributed by atoms with Gasteiger partial charge in [0.1, 0.15) is 0 Å². The Kier molecular flexibility index (Phi) is 1.46. The van der Waals surface area contributed by atoms with Crippen LogP contribution in [0.3, 0.4) is 0 Å². The van der Waals surface area contributed by atoms with E-state index < -0.39 is 0 Å². The topological polar surface area (TPSA) is 32.3 Å². The standard InChI is InChI=1S/C11H14N2O/c1-6-9-7-3-4-8(5-7)10(9)11(14)13(6)12-2/h3-4,7-10,12H,1,5H2,2H3. The molecule has 3 rings (SSSR count). The van der Waals surface area contributed by atoms with Crippen LogP contribution in [0.1, 0.15) is 6.42 Å². The molecule has 0 radical (unpaired) electrons. The minimum atomic E-state index is 0.171. The molecule has 1 N–H and O–H groups in total. The molecule has 2 bridgehead atoms. The van der Waals surface area contributed by atoms with Crippen LogP contribution in [0.15, 0.2) is 24.4 Å². The van der Waals surface area contributed by atoms with Crippen LogP contribution in [0.5, 0.6) is 0 Å². The van der Waals surface area contributed by atoms with Gasteiger partial charge in [-0.05, 0) is 18.3 Å². The highest BCUT2D eigenvalue weighted by Gasteiger charge is 2.56. The normalized spacial score (nSPS) is 43.9. The Hall–Kier alpha value is -1.09. The fourth-order valence-electron chi connectivity index (χ4n) is 3.31. The van der Waals surface area contributed by atoms with Crippen LogP contribution in [0.2, 0.25) is 0 Å². The SMILES string of the molecule is C=C1C2C3C=CC(C3)C2C(=O)N1NC. The Morgan fingerprint density at radius 1 is 1.43 bits per heavy atom. The van der Waals surface area contributed by atoms with Crippen LogP contribution in [-0.2, 0) is 4.79 Å². The molecule has 1 aliphatic heterocycles. The number of allylic oxidation sites excluding steroid dienone is 3. The molecule has 1 saturated heterocycles. The molecule has 3 aliphatic rings. The minimum absolute atomic E-state index is 0.171. The van der Waals surface area contributed by atoms with Crippen molar-refractivity contribution in [1.29, 1.82) is 0 Å². The van der Waals surface area contributed by atoms with Crippen LogP contribution in [0.4, 0.5) is 0 Å². The zero-order valence-corrected chi connectivity index (χ0v) is 8.23. The Bertz CT molecular complexity index is 317. The van der Waals surface area contributed by atoms with Crippen LogP contribution >= 0.6 is 0 Å². The van der Waals surface area contributed by atoms with E-state index in [-0.39, 0.29) is 11.8 Å². The molecule has 2 aliphatic carbocycles. The fraction of sp³-hybridized carbons (Fsp3) is 0.545. The maximum Gasteiger partial charge on any atom is 0.245 e. The van der Waals surface area contributed by atoms with Gasteiger partial charge < -0.3 is 0 Å². The van der Waals surface area contributed by atoms with Gasteiger partial charge in [-0.25, -0.2) is 10.4 Å². The van der Waals surface area contributed by atoms with Crippen molar-refractivity contribution < 1.29 is 4.79 Å². The lowest BCUT2D eigenvalue weighted by Crippen LogP contribution is -2.37. The number of carbonyl (C=O) groups excluding carboxylic acids is 1. The molecule has 4 unspecified atom stereocenters. The van der Waals surface area contributed by atoms with E-state index in [1.807, 2.05) is 0 Å². The lowest BCUT2D eigenvalue weighted by molar-refractivity contribution is -0.133. The van der Waals surface area contributed by atoms with E-state index in [4.69, 9.17) is 0 Å². The fourth-order valence-corrected chi connectivity index (χ4v) is 3.31. The van der Waals surface area contributed by atoms with Gasteiger partial charge in [0.2, 0.25) is 5.91 Å². The van der Waals surface area contributed by atoms with Crippen molar-refractivity contribution in [3.8, 4) is 0 Å². The highest BCUT2D eigenvalue weighted by atomic mass is 16.2. The molecule has 74 valence electrons. The first-order chi connectivity index (χ1) is 6.74. The van der Waals surface area contributed by atoms with Crippen molar-refractivity contribution in [2.45, 2.75) is 6.42 Å². The Morgan fingerprint density at radius 2 is 2.07 bits per heavy atom. The molecule has 14 heavy (non-hydrogen) atoms. The van der Waals surface area contributed by atoms with Crippen molar-refractivity contribution in [3.63, 3.8) is 0 Å². The summed E-state index contributed by atoms with van der Waals surface area (Å²) in [6.07, 6.45) is 5.61. The van der Waals surface area contributed by atoms with Crippen molar-refractivity contribution in [1.82, 2.24) is 10.4 Å². The molecular weight excluding hydrogens is 176 g/mol. The molecule has 3 nitrogen and oxygen atoms in total. The Labute approximate surface area is 83.4 Å². The van der Waals surface area contributed by atoms with Crippen molar-refractivity contribution >= 4 is 5.91 Å². The lowest BCUT2D eigenvalue weighted by atomic mass is 9.84. The number of hydrazine groups is 1. The molecule has 0 aromatic carbocycles. The summed E-state index contributed by atoms with van der Waals surface area (Å²) < 4.78 is 0. The van der Waals surface area contributed by atoms with Crippen molar-refractivity contribution in [3.05, 3.63) is 24.4 Å². The molecule has 0 spiro atoms. The van der Waals surface area contributed by atoms with E-state index in [0.29, 0.717) is 17.8 Å². The number of rotatable bonds is 1. The second-order valence-corrected chi connectivity index (χ2v) is 4.39. The summed E-state index contributed by atoms with van der Waals surface area (Å²) in [4.78, 5) is 12.0. The minimum Gasteiger partial charge on any atom is -0.273 e. The van der Waals surface area contributed by atoms with E-state index in [1.54, 1.807) is 12.1 Å². The third-order valence-corrected chi connectivity index (χ3v) is 3.86. The van der Waals surface area contributed by atoms with Gasteiger partial charge in [0.25, 0.3) is 0 Å². The Balaban J connectivity index is 2.02. The van der Waals surface area contributed by atoms with E-state index in [9.17, 15) is 4.79 Å². The van der Waals surface area contributed by atoms with E-state index in [0.717, 1.165) is 12.1 Å². The summed E-state index contributed by atoms with van der Waals surface area (Å²) in [6.45, 7) is 4.03. The van der Waals surface area contributed by atoms with Crippen LogP contribution in [0, 0.1) is 23.7 Å². The van der Waals surface area contributed by atoms with Gasteiger partial charge in [0.05, 0.1) is 5.92 Å². The van der Waals surface area contributed by atoms with Crippen molar-refractivity contribution in [2.24, 2.45) is 23.7 Å². The molecule has 0 aromatic heterocycles. The largest absolute Gasteiger partial charge is 0.273 e. The predicted molar refractivity (Wildman–Crippen MR) is 52.8 cm³/mol. The molecule has 1 amide bonds. The maximum absolute atomic E-state index is 12.0. The van der Waals surface area contributed by atoms with E-state index in [2.05, 4.69) is 24.2 Å². The molecular formula is C11H14N2O. The quantitative estimate of drug-likeness (QED) is 0.623. The number of nitrogens with zero attached hydrogens (tertiary/aromatic N) is 1. The van der Waals surface area contributed by atoms with Gasteiger partial charge in [-0.3, -0.25) is 4.79 Å². The van der Waals surface area contributed by atoms with Gasteiger partial charge in [-0.15, -0.1) is 0 Å². The average Bonchev–Trinajstić information content (AvgIpc) is 2.80. The maximum atomic E-state index is 12.0.